The zero-order valence-electron chi connectivity index (χ0n) is 22.4. The fraction of sp³-hybridized carbons (Fsp3) is 0.296. The van der Waals surface area contributed by atoms with E-state index in [2.05, 4.69) is 31.1 Å². The summed E-state index contributed by atoms with van der Waals surface area (Å²) in [5.74, 6) is -0.892. The highest BCUT2D eigenvalue weighted by Crippen LogP contribution is 2.41. The molecule has 0 saturated carbocycles. The fourth-order valence-electron chi connectivity index (χ4n) is 4.39. The highest BCUT2D eigenvalue weighted by Gasteiger charge is 2.27. The van der Waals surface area contributed by atoms with Crippen LogP contribution in [0, 0.1) is 11.6 Å². The van der Waals surface area contributed by atoms with Gasteiger partial charge < -0.3 is 20.5 Å². The second-order valence-electron chi connectivity index (χ2n) is 10.1. The third kappa shape index (κ3) is 6.61. The molecule has 0 aliphatic heterocycles. The largest absolute Gasteiger partial charge is 0.444 e. The van der Waals surface area contributed by atoms with Crippen LogP contribution in [-0.4, -0.2) is 32.7 Å². The molecular weight excluding hydrogens is 626 g/mol. The normalized spacial score (nSPS) is 12.4. The van der Waals surface area contributed by atoms with Crippen LogP contribution in [0.5, 0.6) is 0 Å². The molecule has 4 N–H and O–H groups in total. The molecule has 1 unspecified atom stereocenters. The predicted octanol–water partition coefficient (Wildman–Crippen LogP) is 7.41. The minimum atomic E-state index is -0.870. The average Bonchev–Trinajstić information content (AvgIpc) is 3.16. The lowest BCUT2D eigenvalue weighted by Crippen LogP contribution is -2.36. The number of amides is 1. The smallest absolute Gasteiger partial charge is 0.408 e. The number of nitrogen functional groups attached to an aromatic ring is 1. The van der Waals surface area contributed by atoms with Gasteiger partial charge in [-0.2, -0.15) is 5.10 Å². The number of fused-ring (bicyclic) bond motifs is 1. The number of halogens is 4. The topological polar surface area (TPSA) is 107 Å². The van der Waals surface area contributed by atoms with Gasteiger partial charge in [0.15, 0.2) is 5.82 Å². The second kappa shape index (κ2) is 11.8. The van der Waals surface area contributed by atoms with Crippen LogP contribution in [0.4, 0.5) is 25.1 Å². The first kappa shape index (κ1) is 29.9. The molecule has 0 aliphatic carbocycles. The molecular formula is C27H28BrClF2N6O2S. The molecule has 0 aliphatic rings. The van der Waals surface area contributed by atoms with Crippen LogP contribution in [0.25, 0.3) is 22.0 Å². The average molecular weight is 654 g/mol. The van der Waals surface area contributed by atoms with Crippen molar-refractivity contribution >= 4 is 68.0 Å². The fourth-order valence-corrected chi connectivity index (χ4v) is 5.28. The summed E-state index contributed by atoms with van der Waals surface area (Å²) in [6.45, 7) is 5.21. The standard InChI is InChI=1S/C27H28BrClF2N6O2S/c1-27(2,3)39-26(38)33-20(10-13-8-14(30)11-15(31)9-13)22-17(12-19(32)24(28)34-22)16-6-7-18(29)21-23(16)37(4)35-25(21)36-40-5/h6-9,11-12,20H,10,32H2,1-5H3,(H,33,38)(H,35,36). The van der Waals surface area contributed by atoms with Gasteiger partial charge >= 0.3 is 6.09 Å². The Morgan fingerprint density at radius 1 is 1.20 bits per heavy atom. The molecule has 1 atom stereocenters. The quantitative estimate of drug-likeness (QED) is 0.141. The Kier molecular flexibility index (Phi) is 8.81. The summed E-state index contributed by atoms with van der Waals surface area (Å²) in [5, 5.41) is 8.60. The van der Waals surface area contributed by atoms with Crippen molar-refractivity contribution in [1.82, 2.24) is 20.1 Å². The van der Waals surface area contributed by atoms with Gasteiger partial charge in [-0.15, -0.1) is 0 Å². The number of alkyl carbamates (subject to hydrolysis) is 1. The van der Waals surface area contributed by atoms with E-state index in [-0.39, 0.29) is 6.42 Å². The number of hydrogen-bond acceptors (Lipinski definition) is 7. The third-order valence-corrected chi connectivity index (χ3v) is 7.19. The molecule has 0 bridgehead atoms. The number of nitrogens with zero attached hydrogens (tertiary/aromatic N) is 3. The van der Waals surface area contributed by atoms with Crippen LogP contribution in [-0.2, 0) is 18.2 Å². The highest BCUT2D eigenvalue weighted by atomic mass is 79.9. The number of pyridine rings is 1. The molecule has 0 fully saturated rings. The van der Waals surface area contributed by atoms with Crippen molar-refractivity contribution in [1.29, 1.82) is 0 Å². The van der Waals surface area contributed by atoms with Crippen molar-refractivity contribution in [2.45, 2.75) is 38.8 Å². The van der Waals surface area contributed by atoms with Crippen molar-refractivity contribution in [2.75, 3.05) is 16.7 Å². The summed E-state index contributed by atoms with van der Waals surface area (Å²) < 4.78 is 38.9. The van der Waals surface area contributed by atoms with Crippen molar-refractivity contribution < 1.29 is 18.3 Å². The molecule has 2 aromatic carbocycles. The highest BCUT2D eigenvalue weighted by molar-refractivity contribution is 9.10. The lowest BCUT2D eigenvalue weighted by molar-refractivity contribution is 0.0502. The molecule has 2 heterocycles. The van der Waals surface area contributed by atoms with E-state index in [1.807, 2.05) is 12.3 Å². The number of anilines is 2. The molecule has 0 saturated heterocycles. The Balaban J connectivity index is 1.94. The lowest BCUT2D eigenvalue weighted by Gasteiger charge is -2.25. The van der Waals surface area contributed by atoms with Gasteiger partial charge in [0.25, 0.3) is 0 Å². The summed E-state index contributed by atoms with van der Waals surface area (Å²) in [6, 6.07) is 7.62. The molecule has 8 nitrogen and oxygen atoms in total. The van der Waals surface area contributed by atoms with Gasteiger partial charge in [-0.25, -0.2) is 18.6 Å². The first-order valence-corrected chi connectivity index (χ1v) is 14.5. The number of carbonyl (C=O) groups is 1. The predicted molar refractivity (Wildman–Crippen MR) is 160 cm³/mol. The number of aromatic nitrogens is 3. The molecule has 1 amide bonds. The van der Waals surface area contributed by atoms with E-state index in [0.29, 0.717) is 54.4 Å². The second-order valence-corrected chi connectivity index (χ2v) is 11.8. The number of rotatable bonds is 7. The molecule has 4 aromatic rings. The van der Waals surface area contributed by atoms with Crippen molar-refractivity contribution in [3.8, 4) is 11.1 Å². The van der Waals surface area contributed by atoms with Crippen molar-refractivity contribution in [2.24, 2.45) is 7.05 Å². The minimum absolute atomic E-state index is 0.00564. The molecule has 2 aromatic heterocycles. The maximum absolute atomic E-state index is 14.1. The van der Waals surface area contributed by atoms with Crippen LogP contribution in [0.3, 0.4) is 0 Å². The first-order chi connectivity index (χ1) is 18.8. The Bertz CT molecular complexity index is 1570. The third-order valence-electron chi connectivity index (χ3n) is 5.84. The first-order valence-electron chi connectivity index (χ1n) is 12.1. The summed E-state index contributed by atoms with van der Waals surface area (Å²) >= 11 is 11.4. The molecule has 13 heteroatoms. The number of nitrogens with two attached hydrogens (primary N) is 1. The molecule has 4 rings (SSSR count). The van der Waals surface area contributed by atoms with E-state index >= 15 is 0 Å². The van der Waals surface area contributed by atoms with E-state index in [9.17, 15) is 13.6 Å². The Labute approximate surface area is 248 Å². The molecule has 0 radical (unpaired) electrons. The van der Waals surface area contributed by atoms with Gasteiger partial charge in [0.1, 0.15) is 21.8 Å². The van der Waals surface area contributed by atoms with Crippen LogP contribution in [0.1, 0.15) is 38.1 Å². The maximum atomic E-state index is 14.1. The van der Waals surface area contributed by atoms with Crippen molar-refractivity contribution in [3.05, 3.63) is 68.9 Å². The zero-order chi connectivity index (χ0) is 29.4. The summed E-state index contributed by atoms with van der Waals surface area (Å²) in [4.78, 5) is 17.7. The van der Waals surface area contributed by atoms with Crippen LogP contribution in [0.15, 0.2) is 41.0 Å². The van der Waals surface area contributed by atoms with Gasteiger partial charge in [-0.05, 0) is 73.0 Å². The van der Waals surface area contributed by atoms with E-state index in [1.54, 1.807) is 44.6 Å². The summed E-state index contributed by atoms with van der Waals surface area (Å²) in [7, 11) is 1.79. The number of ether oxygens (including phenoxy) is 1. The monoisotopic (exact) mass is 652 g/mol. The van der Waals surface area contributed by atoms with Gasteiger partial charge in [-0.3, -0.25) is 4.68 Å². The van der Waals surface area contributed by atoms with Crippen LogP contribution in [0.2, 0.25) is 5.02 Å². The lowest BCUT2D eigenvalue weighted by atomic mass is 9.94. The number of aryl methyl sites for hydroxylation is 1. The van der Waals surface area contributed by atoms with Crippen molar-refractivity contribution in [3.63, 3.8) is 0 Å². The van der Waals surface area contributed by atoms with Gasteiger partial charge in [0, 0.05) is 30.5 Å². The number of hydrogen-bond donors (Lipinski definition) is 3. The minimum Gasteiger partial charge on any atom is -0.444 e. The number of nitrogens with one attached hydrogen (secondary N) is 2. The number of carbonyl (C=O) groups excluding carboxylic acids is 1. The number of benzene rings is 2. The molecule has 212 valence electrons. The SMILES string of the molecule is CSNc1nn(C)c2c(-c3cc(N)c(Br)nc3C(Cc3cc(F)cc(F)c3)NC(=O)OC(C)(C)C)ccc(Cl)c12. The van der Waals surface area contributed by atoms with Crippen LogP contribution >= 0.6 is 39.5 Å². The zero-order valence-corrected chi connectivity index (χ0v) is 25.6. The van der Waals surface area contributed by atoms with E-state index < -0.39 is 29.4 Å². The van der Waals surface area contributed by atoms with Gasteiger partial charge in [0.2, 0.25) is 0 Å². The van der Waals surface area contributed by atoms with E-state index in [1.165, 1.54) is 24.1 Å². The Hall–Kier alpha value is -3.09. The molecule has 40 heavy (non-hydrogen) atoms. The van der Waals surface area contributed by atoms with E-state index in [4.69, 9.17) is 27.1 Å². The maximum Gasteiger partial charge on any atom is 0.408 e. The van der Waals surface area contributed by atoms with Gasteiger partial charge in [-0.1, -0.05) is 29.6 Å². The summed E-state index contributed by atoms with van der Waals surface area (Å²) in [6.07, 6.45) is 1.16. The Morgan fingerprint density at radius 2 is 1.88 bits per heavy atom. The van der Waals surface area contributed by atoms with Gasteiger partial charge in [0.05, 0.1) is 33.3 Å². The Morgan fingerprint density at radius 3 is 2.50 bits per heavy atom. The van der Waals surface area contributed by atoms with Crippen LogP contribution < -0.4 is 15.8 Å². The molecule has 0 spiro atoms. The summed E-state index contributed by atoms with van der Waals surface area (Å²) in [5.41, 5.74) is 8.50. The van der Waals surface area contributed by atoms with E-state index in [0.717, 1.165) is 6.07 Å².